The van der Waals surface area contributed by atoms with Crippen LogP contribution in [0.4, 0.5) is 4.79 Å². The van der Waals surface area contributed by atoms with Crippen molar-refractivity contribution in [3.63, 3.8) is 0 Å². The second-order valence-electron chi connectivity index (χ2n) is 8.29. The Balaban J connectivity index is 3.05. The Kier molecular flexibility index (Phi) is 11.2. The van der Waals surface area contributed by atoms with Crippen molar-refractivity contribution in [1.29, 1.82) is 0 Å². The molecule has 0 radical (unpaired) electrons. The summed E-state index contributed by atoms with van der Waals surface area (Å²) in [5.41, 5.74) is -0.332. The predicted molar refractivity (Wildman–Crippen MR) is 121 cm³/mol. The van der Waals surface area contributed by atoms with Gasteiger partial charge in [0.25, 0.3) is 0 Å². The Bertz CT molecular complexity index is 821. The minimum absolute atomic E-state index is 0.0196. The second kappa shape index (κ2) is 13.3. The molecular formula is C23H35N3O7. The Labute approximate surface area is 194 Å². The van der Waals surface area contributed by atoms with E-state index in [0.717, 1.165) is 0 Å². The Morgan fingerprint density at radius 1 is 1.12 bits per heavy atom. The van der Waals surface area contributed by atoms with Gasteiger partial charge in [-0.25, -0.2) is 4.79 Å². The average molecular weight is 466 g/mol. The van der Waals surface area contributed by atoms with Gasteiger partial charge in [0.2, 0.25) is 11.8 Å². The number of phenols is 1. The molecule has 3 N–H and O–H groups in total. The number of phenolic OH excluding ortho intramolecular Hbond substituents is 1. The lowest BCUT2D eigenvalue weighted by Gasteiger charge is -2.31. The van der Waals surface area contributed by atoms with E-state index in [9.17, 15) is 24.3 Å². The van der Waals surface area contributed by atoms with Gasteiger partial charge in [-0.15, -0.1) is 0 Å². The highest BCUT2D eigenvalue weighted by molar-refractivity contribution is 5.90. The van der Waals surface area contributed by atoms with E-state index in [2.05, 4.69) is 10.6 Å². The van der Waals surface area contributed by atoms with Crippen molar-refractivity contribution in [3.8, 4) is 5.75 Å². The van der Waals surface area contributed by atoms with Crippen LogP contribution in [0.2, 0.25) is 0 Å². The molecule has 1 atom stereocenters. The summed E-state index contributed by atoms with van der Waals surface area (Å²) in [6, 6.07) is 4.96. The van der Waals surface area contributed by atoms with Gasteiger partial charge < -0.3 is 30.1 Å². The quantitative estimate of drug-likeness (QED) is 0.427. The molecule has 1 unspecified atom stereocenters. The standard InChI is InChI=1S/C23H35N3O7/c1-6-13-26(18(28)15-25-22(31)33-23(3,4)5)20(16-9-8-10-17(27)14-16)21(30)24-12-11-19(29)32-7-2/h8-10,14,20,27H,6-7,11-13,15H2,1-5H3,(H,24,30)(H,25,31). The SMILES string of the molecule is CCCN(C(=O)CNC(=O)OC(C)(C)C)C(C(=O)NCCC(=O)OCC)c1cccc(O)c1. The topological polar surface area (TPSA) is 134 Å². The van der Waals surface area contributed by atoms with Gasteiger partial charge in [0.1, 0.15) is 23.9 Å². The first-order valence-electron chi connectivity index (χ1n) is 11.0. The molecule has 1 aromatic rings. The smallest absolute Gasteiger partial charge is 0.408 e. The van der Waals surface area contributed by atoms with Gasteiger partial charge in [-0.2, -0.15) is 0 Å². The fraction of sp³-hybridized carbons (Fsp3) is 0.565. The number of carbonyl (C=O) groups is 4. The van der Waals surface area contributed by atoms with Crippen LogP contribution in [0, 0.1) is 0 Å². The molecule has 0 saturated carbocycles. The molecule has 33 heavy (non-hydrogen) atoms. The first-order chi connectivity index (χ1) is 15.5. The number of hydrogen-bond donors (Lipinski definition) is 3. The Morgan fingerprint density at radius 3 is 2.39 bits per heavy atom. The molecule has 10 nitrogen and oxygen atoms in total. The van der Waals surface area contributed by atoms with Crippen LogP contribution in [0.3, 0.4) is 0 Å². The number of alkyl carbamates (subject to hydrolysis) is 1. The Hall–Kier alpha value is -3.30. The fourth-order valence-electron chi connectivity index (χ4n) is 2.99. The second-order valence-corrected chi connectivity index (χ2v) is 8.29. The van der Waals surface area contributed by atoms with Gasteiger partial charge in [-0.05, 0) is 51.8 Å². The van der Waals surface area contributed by atoms with Crippen LogP contribution in [0.1, 0.15) is 59.1 Å². The Morgan fingerprint density at radius 2 is 1.82 bits per heavy atom. The highest BCUT2D eigenvalue weighted by Crippen LogP contribution is 2.25. The molecule has 0 saturated heterocycles. The number of amides is 3. The molecule has 0 aliphatic carbocycles. The summed E-state index contributed by atoms with van der Waals surface area (Å²) >= 11 is 0. The molecule has 1 aromatic carbocycles. The van der Waals surface area contributed by atoms with Crippen molar-refractivity contribution in [2.45, 2.75) is 59.1 Å². The summed E-state index contributed by atoms with van der Waals surface area (Å²) in [7, 11) is 0. The number of nitrogens with zero attached hydrogens (tertiary/aromatic N) is 1. The van der Waals surface area contributed by atoms with Crippen LogP contribution < -0.4 is 10.6 Å². The zero-order valence-corrected chi connectivity index (χ0v) is 20.0. The van der Waals surface area contributed by atoms with Gasteiger partial charge >= 0.3 is 12.1 Å². The van der Waals surface area contributed by atoms with Crippen molar-refractivity contribution in [2.75, 3.05) is 26.2 Å². The summed E-state index contributed by atoms with van der Waals surface area (Å²) in [5.74, 6) is -1.54. The molecule has 0 aromatic heterocycles. The van der Waals surface area contributed by atoms with Crippen LogP contribution in [0.15, 0.2) is 24.3 Å². The van der Waals surface area contributed by atoms with E-state index in [1.165, 1.54) is 17.0 Å². The number of hydrogen-bond acceptors (Lipinski definition) is 7. The lowest BCUT2D eigenvalue weighted by molar-refractivity contribution is -0.143. The van der Waals surface area contributed by atoms with Gasteiger partial charge in [0.05, 0.1) is 13.0 Å². The maximum Gasteiger partial charge on any atom is 0.408 e. The van der Waals surface area contributed by atoms with Crippen LogP contribution in [-0.4, -0.2) is 65.7 Å². The van der Waals surface area contributed by atoms with Gasteiger partial charge in [-0.1, -0.05) is 19.1 Å². The van der Waals surface area contributed by atoms with Crippen molar-refractivity contribution in [3.05, 3.63) is 29.8 Å². The number of aromatic hydroxyl groups is 1. The highest BCUT2D eigenvalue weighted by Gasteiger charge is 2.31. The van der Waals surface area contributed by atoms with E-state index in [0.29, 0.717) is 12.0 Å². The molecule has 3 amide bonds. The zero-order valence-electron chi connectivity index (χ0n) is 20.0. The van der Waals surface area contributed by atoms with Crippen molar-refractivity contribution < 1.29 is 33.8 Å². The van der Waals surface area contributed by atoms with Gasteiger partial charge in [0.15, 0.2) is 0 Å². The molecule has 1 rings (SSSR count). The van der Waals surface area contributed by atoms with E-state index in [1.54, 1.807) is 39.8 Å². The number of esters is 1. The van der Waals surface area contributed by atoms with E-state index in [-0.39, 0.29) is 38.4 Å². The largest absolute Gasteiger partial charge is 0.508 e. The van der Waals surface area contributed by atoms with Crippen LogP contribution in [0.5, 0.6) is 5.75 Å². The van der Waals surface area contributed by atoms with E-state index < -0.39 is 35.5 Å². The van der Waals surface area contributed by atoms with Crippen molar-refractivity contribution in [1.82, 2.24) is 15.5 Å². The number of carbonyl (C=O) groups excluding carboxylic acids is 4. The normalized spacial score (nSPS) is 11.8. The summed E-state index contributed by atoms with van der Waals surface area (Å²) in [6.07, 6.45) is -0.224. The van der Waals surface area contributed by atoms with Crippen LogP contribution >= 0.6 is 0 Å². The number of ether oxygens (including phenoxy) is 2. The van der Waals surface area contributed by atoms with Gasteiger partial charge in [-0.3, -0.25) is 14.4 Å². The third-order valence-electron chi connectivity index (χ3n) is 4.25. The molecule has 0 spiro atoms. The molecule has 0 fully saturated rings. The molecule has 184 valence electrons. The van der Waals surface area contributed by atoms with E-state index >= 15 is 0 Å². The molecule has 0 heterocycles. The minimum Gasteiger partial charge on any atom is -0.508 e. The third kappa shape index (κ3) is 10.2. The first kappa shape index (κ1) is 27.7. The highest BCUT2D eigenvalue weighted by atomic mass is 16.6. The summed E-state index contributed by atoms with van der Waals surface area (Å²) in [4.78, 5) is 51.0. The first-order valence-corrected chi connectivity index (χ1v) is 11.0. The van der Waals surface area contributed by atoms with Crippen LogP contribution in [0.25, 0.3) is 0 Å². The number of benzene rings is 1. The zero-order chi connectivity index (χ0) is 25.0. The summed E-state index contributed by atoms with van der Waals surface area (Å²) < 4.78 is 10.0. The predicted octanol–water partition coefficient (Wildman–Crippen LogP) is 2.27. The summed E-state index contributed by atoms with van der Waals surface area (Å²) in [6.45, 7) is 8.76. The van der Waals surface area contributed by atoms with Crippen LogP contribution in [-0.2, 0) is 23.9 Å². The van der Waals surface area contributed by atoms with Gasteiger partial charge in [0, 0.05) is 13.1 Å². The van der Waals surface area contributed by atoms with Crippen molar-refractivity contribution in [2.24, 2.45) is 0 Å². The monoisotopic (exact) mass is 465 g/mol. The fourth-order valence-corrected chi connectivity index (χ4v) is 2.99. The number of rotatable bonds is 11. The molecule has 0 bridgehead atoms. The molecule has 10 heteroatoms. The minimum atomic E-state index is -1.08. The lowest BCUT2D eigenvalue weighted by atomic mass is 10.0. The third-order valence-corrected chi connectivity index (χ3v) is 4.25. The van der Waals surface area contributed by atoms with E-state index in [1.807, 2.05) is 6.92 Å². The molecule has 0 aliphatic heterocycles. The number of nitrogens with one attached hydrogen (secondary N) is 2. The van der Waals surface area contributed by atoms with Crippen molar-refractivity contribution >= 4 is 23.9 Å². The lowest BCUT2D eigenvalue weighted by Crippen LogP contribution is -2.48. The van der Waals surface area contributed by atoms with E-state index in [4.69, 9.17) is 9.47 Å². The molecular weight excluding hydrogens is 430 g/mol. The molecule has 0 aliphatic rings. The maximum absolute atomic E-state index is 13.1. The maximum atomic E-state index is 13.1. The summed E-state index contributed by atoms with van der Waals surface area (Å²) in [5, 5.41) is 15.0. The average Bonchev–Trinajstić information content (AvgIpc) is 2.70.